The van der Waals surface area contributed by atoms with Crippen LogP contribution in [-0.4, -0.2) is 33.6 Å². The molecule has 0 atom stereocenters. The van der Waals surface area contributed by atoms with E-state index in [0.29, 0.717) is 12.8 Å². The predicted octanol–water partition coefficient (Wildman–Crippen LogP) is 1.69. The maximum absolute atomic E-state index is 12.5. The summed E-state index contributed by atoms with van der Waals surface area (Å²) in [6.45, 7) is 3.96. The van der Waals surface area contributed by atoms with Crippen molar-refractivity contribution in [2.24, 2.45) is 5.73 Å². The Bertz CT molecular complexity index is 592. The van der Waals surface area contributed by atoms with Crippen molar-refractivity contribution in [3.63, 3.8) is 0 Å². The Balaban J connectivity index is 0.00000441. The minimum atomic E-state index is -3.76. The van der Waals surface area contributed by atoms with Crippen molar-refractivity contribution in [3.05, 3.63) is 29.8 Å². The number of nitrogens with one attached hydrogen (secondary N) is 1. The predicted molar refractivity (Wildman–Crippen MR) is 87.7 cm³/mol. The highest BCUT2D eigenvalue weighted by atomic mass is 35.5. The Kier molecular flexibility index (Phi) is 8.03. The summed E-state index contributed by atoms with van der Waals surface area (Å²) in [7, 11) is -2.51. The zero-order chi connectivity index (χ0) is 16.1. The molecular weight excluding hydrogens is 328 g/mol. The van der Waals surface area contributed by atoms with E-state index in [2.05, 4.69) is 9.46 Å². The third-order valence-corrected chi connectivity index (χ3v) is 5.24. The lowest BCUT2D eigenvalue weighted by atomic mass is 9.95. The molecule has 0 saturated carbocycles. The number of nitrogens with two attached hydrogens (primary N) is 1. The van der Waals surface area contributed by atoms with E-state index in [9.17, 15) is 13.2 Å². The molecule has 0 spiro atoms. The second-order valence-corrected chi connectivity index (χ2v) is 6.50. The second-order valence-electron chi connectivity index (χ2n) is 4.82. The number of benzene rings is 1. The molecule has 0 aromatic heterocycles. The van der Waals surface area contributed by atoms with Gasteiger partial charge in [-0.1, -0.05) is 19.9 Å². The maximum atomic E-state index is 12.5. The monoisotopic (exact) mass is 350 g/mol. The minimum Gasteiger partial charge on any atom is -0.465 e. The summed E-state index contributed by atoms with van der Waals surface area (Å²) in [4.78, 5) is 11.5. The Hall–Kier alpha value is -1.15. The number of rotatable bonds is 7. The van der Waals surface area contributed by atoms with Gasteiger partial charge in [0.05, 0.1) is 17.6 Å². The molecule has 0 radical (unpaired) electrons. The summed E-state index contributed by atoms with van der Waals surface area (Å²) in [6, 6.07) is 5.73. The lowest BCUT2D eigenvalue weighted by Crippen LogP contribution is -2.52. The molecule has 8 heteroatoms. The Morgan fingerprint density at radius 2 is 1.91 bits per heavy atom. The highest BCUT2D eigenvalue weighted by molar-refractivity contribution is 7.89. The molecule has 1 rings (SSSR count). The van der Waals surface area contributed by atoms with E-state index in [1.54, 1.807) is 0 Å². The number of carbonyl (C=O) groups excluding carboxylic acids is 1. The highest BCUT2D eigenvalue weighted by Gasteiger charge is 2.31. The van der Waals surface area contributed by atoms with Crippen LogP contribution in [0, 0.1) is 0 Å². The number of hydrogen-bond acceptors (Lipinski definition) is 5. The van der Waals surface area contributed by atoms with Crippen LogP contribution in [0.25, 0.3) is 0 Å². The fraction of sp³-hybridized carbons (Fsp3) is 0.500. The quantitative estimate of drug-likeness (QED) is 0.729. The Morgan fingerprint density at radius 3 is 2.36 bits per heavy atom. The van der Waals surface area contributed by atoms with Crippen LogP contribution in [0.2, 0.25) is 0 Å². The third-order valence-electron chi connectivity index (χ3n) is 3.66. The standard InChI is InChI=1S/C14H22N2O4S.ClH/c1-4-14(5-2,10-15)16-21(18,19)12-8-6-7-11(9-12)13(17)20-3;/h6-9,16H,4-5,10,15H2,1-3H3;1H. The Labute approximate surface area is 137 Å². The normalized spacial score (nSPS) is 11.6. The first-order valence-corrected chi connectivity index (χ1v) is 8.25. The number of ether oxygens (including phenoxy) is 1. The minimum absolute atomic E-state index is 0. The smallest absolute Gasteiger partial charge is 0.337 e. The van der Waals surface area contributed by atoms with Gasteiger partial charge in [0.1, 0.15) is 0 Å². The number of carbonyl (C=O) groups is 1. The van der Waals surface area contributed by atoms with Crippen LogP contribution in [0.15, 0.2) is 29.2 Å². The van der Waals surface area contributed by atoms with Gasteiger partial charge < -0.3 is 10.5 Å². The Morgan fingerprint density at radius 1 is 1.32 bits per heavy atom. The second kappa shape index (κ2) is 8.47. The average molecular weight is 351 g/mol. The number of hydrogen-bond donors (Lipinski definition) is 2. The van der Waals surface area contributed by atoms with Crippen LogP contribution in [0.1, 0.15) is 37.0 Å². The number of esters is 1. The molecule has 1 aromatic rings. The summed E-state index contributed by atoms with van der Waals surface area (Å²) in [5.74, 6) is -0.580. The first-order valence-electron chi connectivity index (χ1n) is 6.76. The molecule has 0 bridgehead atoms. The first kappa shape index (κ1) is 20.9. The molecule has 0 aliphatic heterocycles. The molecule has 0 unspecified atom stereocenters. The van der Waals surface area contributed by atoms with Crippen LogP contribution in [-0.2, 0) is 14.8 Å². The van der Waals surface area contributed by atoms with Gasteiger partial charge in [-0.25, -0.2) is 17.9 Å². The number of methoxy groups -OCH3 is 1. The molecule has 6 nitrogen and oxygen atoms in total. The van der Waals surface area contributed by atoms with Gasteiger partial charge in [0.25, 0.3) is 0 Å². The van der Waals surface area contributed by atoms with Crippen LogP contribution < -0.4 is 10.5 Å². The van der Waals surface area contributed by atoms with Gasteiger partial charge >= 0.3 is 5.97 Å². The van der Waals surface area contributed by atoms with Crippen molar-refractivity contribution in [2.45, 2.75) is 37.1 Å². The largest absolute Gasteiger partial charge is 0.465 e. The summed E-state index contributed by atoms with van der Waals surface area (Å²) in [5.41, 5.74) is 5.22. The van der Waals surface area contributed by atoms with E-state index in [-0.39, 0.29) is 29.4 Å². The zero-order valence-electron chi connectivity index (χ0n) is 13.0. The SMILES string of the molecule is CCC(CC)(CN)NS(=O)(=O)c1cccc(C(=O)OC)c1.Cl. The van der Waals surface area contributed by atoms with Crippen molar-refractivity contribution >= 4 is 28.4 Å². The van der Waals surface area contributed by atoms with Crippen LogP contribution in [0.4, 0.5) is 0 Å². The fourth-order valence-electron chi connectivity index (χ4n) is 1.98. The summed E-state index contributed by atoms with van der Waals surface area (Å²) in [5, 5.41) is 0. The van der Waals surface area contributed by atoms with E-state index in [1.165, 1.54) is 31.4 Å². The van der Waals surface area contributed by atoms with Gasteiger partial charge in [-0.05, 0) is 31.0 Å². The van der Waals surface area contributed by atoms with Gasteiger partial charge in [0, 0.05) is 12.1 Å². The maximum Gasteiger partial charge on any atom is 0.337 e. The van der Waals surface area contributed by atoms with E-state index in [4.69, 9.17) is 5.73 Å². The highest BCUT2D eigenvalue weighted by Crippen LogP contribution is 2.19. The van der Waals surface area contributed by atoms with Crippen LogP contribution in [0.5, 0.6) is 0 Å². The lowest BCUT2D eigenvalue weighted by Gasteiger charge is -2.31. The molecule has 0 saturated heterocycles. The van der Waals surface area contributed by atoms with Crippen LogP contribution >= 0.6 is 12.4 Å². The van der Waals surface area contributed by atoms with Gasteiger partial charge in [0.2, 0.25) is 10.0 Å². The van der Waals surface area contributed by atoms with Crippen molar-refractivity contribution < 1.29 is 17.9 Å². The molecule has 0 aliphatic carbocycles. The van der Waals surface area contributed by atoms with Gasteiger partial charge in [0.15, 0.2) is 0 Å². The van der Waals surface area contributed by atoms with Crippen molar-refractivity contribution in [2.75, 3.05) is 13.7 Å². The topological polar surface area (TPSA) is 98.5 Å². The molecule has 0 amide bonds. The van der Waals surface area contributed by atoms with Gasteiger partial charge in [-0.2, -0.15) is 0 Å². The molecule has 126 valence electrons. The molecule has 0 aliphatic rings. The molecular formula is C14H23ClN2O4S. The summed E-state index contributed by atoms with van der Waals surface area (Å²) < 4.78 is 32.2. The molecule has 0 fully saturated rings. The molecule has 1 aromatic carbocycles. The van der Waals surface area contributed by atoms with E-state index < -0.39 is 21.5 Å². The van der Waals surface area contributed by atoms with E-state index in [1.807, 2.05) is 13.8 Å². The fourth-order valence-corrected chi connectivity index (χ4v) is 3.58. The molecule has 0 heterocycles. The van der Waals surface area contributed by atoms with Crippen LogP contribution in [0.3, 0.4) is 0 Å². The molecule has 3 N–H and O–H groups in total. The van der Waals surface area contributed by atoms with Gasteiger partial charge in [-0.3, -0.25) is 0 Å². The average Bonchev–Trinajstić information content (AvgIpc) is 2.52. The molecule has 22 heavy (non-hydrogen) atoms. The zero-order valence-corrected chi connectivity index (χ0v) is 14.6. The first-order chi connectivity index (χ1) is 9.84. The summed E-state index contributed by atoms with van der Waals surface area (Å²) >= 11 is 0. The lowest BCUT2D eigenvalue weighted by molar-refractivity contribution is 0.0600. The van der Waals surface area contributed by atoms with E-state index >= 15 is 0 Å². The summed E-state index contributed by atoms with van der Waals surface area (Å²) in [6.07, 6.45) is 1.16. The third kappa shape index (κ3) is 4.67. The number of halogens is 1. The van der Waals surface area contributed by atoms with Crippen molar-refractivity contribution in [1.82, 2.24) is 4.72 Å². The van der Waals surface area contributed by atoms with Crippen molar-refractivity contribution in [3.8, 4) is 0 Å². The van der Waals surface area contributed by atoms with Crippen molar-refractivity contribution in [1.29, 1.82) is 0 Å². The number of sulfonamides is 1. The van der Waals surface area contributed by atoms with E-state index in [0.717, 1.165) is 0 Å². The van der Waals surface area contributed by atoms with Gasteiger partial charge in [-0.15, -0.1) is 12.4 Å².